The molecule has 2 aliphatic carbocycles. The average Bonchev–Trinajstić information content (AvgIpc) is 3.29. The van der Waals surface area contributed by atoms with Crippen molar-refractivity contribution in [3.63, 3.8) is 0 Å². The largest absolute Gasteiger partial charge is 0.390 e. The molecule has 0 saturated heterocycles. The summed E-state index contributed by atoms with van der Waals surface area (Å²) in [5.74, 6) is 0.676. The fourth-order valence-electron chi connectivity index (χ4n) is 4.10. The van der Waals surface area contributed by atoms with Crippen LogP contribution < -0.4 is 0 Å². The van der Waals surface area contributed by atoms with Crippen LogP contribution in [-0.2, 0) is 11.3 Å². The fourth-order valence-corrected chi connectivity index (χ4v) is 4.32. The summed E-state index contributed by atoms with van der Waals surface area (Å²) >= 11 is 6.43. The second-order valence-corrected chi connectivity index (χ2v) is 8.88. The van der Waals surface area contributed by atoms with Gasteiger partial charge < -0.3 is 14.4 Å². The van der Waals surface area contributed by atoms with Crippen molar-refractivity contribution in [2.75, 3.05) is 0 Å². The Morgan fingerprint density at radius 1 is 1.28 bits per heavy atom. The summed E-state index contributed by atoms with van der Waals surface area (Å²) < 4.78 is 13.8. The maximum atomic E-state index is 10.1. The fraction of sp³-hybridized carbons (Fsp3) is 0.455. The van der Waals surface area contributed by atoms with E-state index in [1.165, 1.54) is 0 Å². The number of hydrogen-bond donors (Lipinski definition) is 1. The Bertz CT molecular complexity index is 1040. The van der Waals surface area contributed by atoms with E-state index in [0.29, 0.717) is 42.0 Å². The Balaban J connectivity index is 1.53. The molecular formula is C22H24ClN3O3. The third-order valence-electron chi connectivity index (χ3n) is 5.89. The minimum Gasteiger partial charge on any atom is -0.390 e. The summed E-state index contributed by atoms with van der Waals surface area (Å²) in [6, 6.07) is 7.83. The first kappa shape index (κ1) is 18.9. The number of hydrogen-bond acceptors (Lipinski definition) is 5. The van der Waals surface area contributed by atoms with E-state index < -0.39 is 5.60 Å². The Morgan fingerprint density at radius 3 is 2.72 bits per heavy atom. The highest BCUT2D eigenvalue weighted by Gasteiger charge is 2.41. The van der Waals surface area contributed by atoms with Crippen LogP contribution >= 0.6 is 11.6 Å². The van der Waals surface area contributed by atoms with E-state index in [4.69, 9.17) is 20.9 Å². The third-order valence-corrected chi connectivity index (χ3v) is 6.22. The molecule has 0 atom stereocenters. The standard InChI is InChI=1S/C22H24ClN3O3/c1-13-17(11-24-26(13)14-9-22(2,27)10-14)21-18(12-28-15-7-8-15)20(25-29-21)16-5-3-4-6-19(16)23/h3-6,11,14-15,27H,7-10,12H2,1-2H3/t14-,22+. The van der Waals surface area contributed by atoms with Crippen molar-refractivity contribution in [2.45, 2.75) is 63.9 Å². The molecule has 6 nitrogen and oxygen atoms in total. The number of ether oxygens (including phenoxy) is 1. The normalized spacial score (nSPS) is 23.9. The molecule has 7 heteroatoms. The van der Waals surface area contributed by atoms with Crippen molar-refractivity contribution in [3.8, 4) is 22.6 Å². The number of aromatic nitrogens is 3. The van der Waals surface area contributed by atoms with Gasteiger partial charge in [-0.2, -0.15) is 5.10 Å². The van der Waals surface area contributed by atoms with E-state index >= 15 is 0 Å². The van der Waals surface area contributed by atoms with Gasteiger partial charge in [-0.1, -0.05) is 35.0 Å². The molecule has 1 N–H and O–H groups in total. The summed E-state index contributed by atoms with van der Waals surface area (Å²) in [7, 11) is 0. The molecule has 1 aromatic carbocycles. The van der Waals surface area contributed by atoms with Crippen LogP contribution in [0.25, 0.3) is 22.6 Å². The third kappa shape index (κ3) is 3.50. The van der Waals surface area contributed by atoms with Crippen LogP contribution in [0.5, 0.6) is 0 Å². The molecule has 29 heavy (non-hydrogen) atoms. The monoisotopic (exact) mass is 413 g/mol. The molecular weight excluding hydrogens is 390 g/mol. The number of halogens is 1. The van der Waals surface area contributed by atoms with E-state index in [1.807, 2.05) is 49.0 Å². The Hall–Kier alpha value is -2.15. The first-order chi connectivity index (χ1) is 13.9. The molecule has 0 aliphatic heterocycles. The lowest BCUT2D eigenvalue weighted by Crippen LogP contribution is -2.42. The highest BCUT2D eigenvalue weighted by atomic mass is 35.5. The van der Waals surface area contributed by atoms with Gasteiger partial charge >= 0.3 is 0 Å². The minimum atomic E-state index is -0.601. The van der Waals surface area contributed by atoms with E-state index in [9.17, 15) is 5.11 Å². The van der Waals surface area contributed by atoms with Crippen LogP contribution in [0, 0.1) is 6.92 Å². The lowest BCUT2D eigenvalue weighted by atomic mass is 9.77. The molecule has 2 aromatic heterocycles. The van der Waals surface area contributed by atoms with Crippen LogP contribution in [-0.4, -0.2) is 31.7 Å². The lowest BCUT2D eigenvalue weighted by Gasteiger charge is -2.41. The average molecular weight is 414 g/mol. The predicted molar refractivity (Wildman–Crippen MR) is 110 cm³/mol. The lowest BCUT2D eigenvalue weighted by molar-refractivity contribution is -0.0548. The zero-order valence-electron chi connectivity index (χ0n) is 16.6. The van der Waals surface area contributed by atoms with E-state index in [1.54, 1.807) is 0 Å². The molecule has 2 aliphatic rings. The molecule has 0 spiro atoms. The zero-order chi connectivity index (χ0) is 20.2. The summed E-state index contributed by atoms with van der Waals surface area (Å²) in [6.07, 6.45) is 5.74. The molecule has 5 rings (SSSR count). The molecule has 0 amide bonds. The molecule has 2 heterocycles. The number of nitrogens with zero attached hydrogens (tertiary/aromatic N) is 3. The summed E-state index contributed by atoms with van der Waals surface area (Å²) in [4.78, 5) is 0. The summed E-state index contributed by atoms with van der Waals surface area (Å²) in [5, 5.41) is 19.7. The van der Waals surface area contributed by atoms with Crippen molar-refractivity contribution >= 4 is 11.6 Å². The first-order valence-corrected chi connectivity index (χ1v) is 10.4. The molecule has 0 bridgehead atoms. The van der Waals surface area contributed by atoms with Gasteiger partial charge in [0, 0.05) is 11.3 Å². The SMILES string of the molecule is Cc1c(-c2onc(-c3ccccc3Cl)c2COC2CC2)cnn1[C@H]1C[C@@](C)(O)C1. The molecule has 2 saturated carbocycles. The molecule has 2 fully saturated rings. The van der Waals surface area contributed by atoms with Gasteiger partial charge in [0.1, 0.15) is 5.69 Å². The Kier molecular flexibility index (Phi) is 4.53. The maximum Gasteiger partial charge on any atom is 0.176 e. The van der Waals surface area contributed by atoms with E-state index in [-0.39, 0.29) is 6.04 Å². The van der Waals surface area contributed by atoms with Crippen LogP contribution in [0.2, 0.25) is 5.02 Å². The van der Waals surface area contributed by atoms with Crippen LogP contribution in [0.15, 0.2) is 35.0 Å². The molecule has 0 radical (unpaired) electrons. The Labute approximate surface area is 174 Å². The second kappa shape index (κ2) is 6.97. The van der Waals surface area contributed by atoms with Crippen molar-refractivity contribution < 1.29 is 14.4 Å². The number of rotatable bonds is 6. The zero-order valence-corrected chi connectivity index (χ0v) is 17.3. The van der Waals surface area contributed by atoms with Gasteiger partial charge in [0.2, 0.25) is 0 Å². The van der Waals surface area contributed by atoms with Crippen LogP contribution in [0.3, 0.4) is 0 Å². The molecule has 3 aromatic rings. The van der Waals surface area contributed by atoms with Gasteiger partial charge in [-0.15, -0.1) is 0 Å². The smallest absolute Gasteiger partial charge is 0.176 e. The number of aliphatic hydroxyl groups is 1. The van der Waals surface area contributed by atoms with Crippen molar-refractivity contribution in [1.82, 2.24) is 14.9 Å². The topological polar surface area (TPSA) is 73.3 Å². The van der Waals surface area contributed by atoms with E-state index in [2.05, 4.69) is 10.3 Å². The van der Waals surface area contributed by atoms with Gasteiger partial charge in [-0.05, 0) is 45.6 Å². The van der Waals surface area contributed by atoms with E-state index in [0.717, 1.165) is 35.2 Å². The van der Waals surface area contributed by atoms with Gasteiger partial charge in [0.05, 0.1) is 46.7 Å². The van der Waals surface area contributed by atoms with Crippen molar-refractivity contribution in [2.24, 2.45) is 0 Å². The number of benzene rings is 1. The van der Waals surface area contributed by atoms with Crippen molar-refractivity contribution in [1.29, 1.82) is 0 Å². The second-order valence-electron chi connectivity index (χ2n) is 8.48. The summed E-state index contributed by atoms with van der Waals surface area (Å²) in [6.45, 7) is 4.31. The van der Waals surface area contributed by atoms with Crippen LogP contribution in [0.1, 0.15) is 49.9 Å². The first-order valence-electron chi connectivity index (χ1n) is 10.0. The summed E-state index contributed by atoms with van der Waals surface area (Å²) in [5.41, 5.74) is 3.74. The highest BCUT2D eigenvalue weighted by molar-refractivity contribution is 6.33. The van der Waals surface area contributed by atoms with Gasteiger partial charge in [0.25, 0.3) is 0 Å². The molecule has 152 valence electrons. The minimum absolute atomic E-state index is 0.205. The maximum absolute atomic E-state index is 10.1. The van der Waals surface area contributed by atoms with Gasteiger partial charge in [-0.25, -0.2) is 0 Å². The van der Waals surface area contributed by atoms with Crippen LogP contribution in [0.4, 0.5) is 0 Å². The molecule has 0 unspecified atom stereocenters. The highest BCUT2D eigenvalue weighted by Crippen LogP contribution is 2.43. The van der Waals surface area contributed by atoms with Gasteiger partial charge in [-0.3, -0.25) is 4.68 Å². The predicted octanol–water partition coefficient (Wildman–Crippen LogP) is 4.93. The van der Waals surface area contributed by atoms with Crippen molar-refractivity contribution in [3.05, 3.63) is 46.7 Å². The Morgan fingerprint density at radius 2 is 2.03 bits per heavy atom. The quantitative estimate of drug-likeness (QED) is 0.620. The van der Waals surface area contributed by atoms with Gasteiger partial charge in [0.15, 0.2) is 5.76 Å².